The molecule has 1 heterocycles. The van der Waals surface area contributed by atoms with E-state index in [9.17, 15) is 5.11 Å². The first-order chi connectivity index (χ1) is 5.49. The van der Waals surface area contributed by atoms with Crippen molar-refractivity contribution in [1.82, 2.24) is 0 Å². The average Bonchev–Trinajstić information content (AvgIpc) is 2.00. The SMILES string of the molecule is COC1(C)CC(C)OC(C)[C@@H]1O. The lowest BCUT2D eigenvalue weighted by atomic mass is 9.86. The van der Waals surface area contributed by atoms with Gasteiger partial charge in [-0.2, -0.15) is 0 Å². The van der Waals surface area contributed by atoms with Gasteiger partial charge in [-0.05, 0) is 20.8 Å². The monoisotopic (exact) mass is 174 g/mol. The van der Waals surface area contributed by atoms with Crippen molar-refractivity contribution >= 4 is 0 Å². The Labute approximate surface area is 73.7 Å². The minimum Gasteiger partial charge on any atom is -0.387 e. The van der Waals surface area contributed by atoms with Crippen molar-refractivity contribution in [2.24, 2.45) is 0 Å². The zero-order valence-electron chi connectivity index (χ0n) is 8.20. The van der Waals surface area contributed by atoms with Gasteiger partial charge in [0.1, 0.15) is 6.10 Å². The number of hydrogen-bond acceptors (Lipinski definition) is 3. The summed E-state index contributed by atoms with van der Waals surface area (Å²) < 4.78 is 10.8. The highest BCUT2D eigenvalue weighted by Crippen LogP contribution is 2.31. The van der Waals surface area contributed by atoms with Crippen molar-refractivity contribution in [2.45, 2.75) is 51.1 Å². The van der Waals surface area contributed by atoms with Crippen molar-refractivity contribution in [3.8, 4) is 0 Å². The second kappa shape index (κ2) is 3.32. The molecule has 0 aromatic heterocycles. The van der Waals surface area contributed by atoms with Gasteiger partial charge in [-0.1, -0.05) is 0 Å². The topological polar surface area (TPSA) is 38.7 Å². The summed E-state index contributed by atoms with van der Waals surface area (Å²) in [5.41, 5.74) is -0.447. The lowest BCUT2D eigenvalue weighted by Gasteiger charge is -2.43. The summed E-state index contributed by atoms with van der Waals surface area (Å²) in [6.45, 7) is 5.80. The van der Waals surface area contributed by atoms with Crippen LogP contribution in [0.3, 0.4) is 0 Å². The van der Waals surface area contributed by atoms with Gasteiger partial charge >= 0.3 is 0 Å². The molecule has 3 unspecified atom stereocenters. The highest BCUT2D eigenvalue weighted by Gasteiger charge is 2.43. The third-order valence-corrected chi connectivity index (χ3v) is 2.68. The molecular weight excluding hydrogens is 156 g/mol. The molecule has 12 heavy (non-hydrogen) atoms. The van der Waals surface area contributed by atoms with Crippen LogP contribution in [0.2, 0.25) is 0 Å². The molecule has 3 heteroatoms. The van der Waals surface area contributed by atoms with Crippen LogP contribution >= 0.6 is 0 Å². The minimum atomic E-state index is -0.529. The van der Waals surface area contributed by atoms with Gasteiger partial charge in [0.2, 0.25) is 0 Å². The van der Waals surface area contributed by atoms with Crippen molar-refractivity contribution in [3.63, 3.8) is 0 Å². The van der Waals surface area contributed by atoms with E-state index in [2.05, 4.69) is 0 Å². The number of ether oxygens (including phenoxy) is 2. The first kappa shape index (κ1) is 9.96. The number of methoxy groups -OCH3 is 1. The molecule has 4 atom stereocenters. The summed E-state index contributed by atoms with van der Waals surface area (Å²) in [4.78, 5) is 0. The molecule has 0 saturated carbocycles. The maximum Gasteiger partial charge on any atom is 0.109 e. The number of rotatable bonds is 1. The van der Waals surface area contributed by atoms with E-state index < -0.39 is 11.7 Å². The van der Waals surface area contributed by atoms with E-state index >= 15 is 0 Å². The predicted molar refractivity (Wildman–Crippen MR) is 46.0 cm³/mol. The third kappa shape index (κ3) is 1.63. The molecule has 0 aromatic carbocycles. The number of aliphatic hydroxyl groups excluding tert-OH is 1. The minimum absolute atomic E-state index is 0.140. The molecule has 3 nitrogen and oxygen atoms in total. The van der Waals surface area contributed by atoms with Gasteiger partial charge < -0.3 is 14.6 Å². The Morgan fingerprint density at radius 3 is 2.58 bits per heavy atom. The molecule has 1 rings (SSSR count). The van der Waals surface area contributed by atoms with E-state index in [1.165, 1.54) is 0 Å². The predicted octanol–water partition coefficient (Wildman–Crippen LogP) is 0.950. The number of hydrogen-bond donors (Lipinski definition) is 1. The molecule has 1 aliphatic rings. The lowest BCUT2D eigenvalue weighted by Crippen LogP contribution is -2.55. The van der Waals surface area contributed by atoms with Crippen molar-refractivity contribution in [2.75, 3.05) is 7.11 Å². The summed E-state index contributed by atoms with van der Waals surface area (Å²) in [5, 5.41) is 9.76. The van der Waals surface area contributed by atoms with Crippen LogP contribution in [0.25, 0.3) is 0 Å². The highest BCUT2D eigenvalue weighted by molar-refractivity contribution is 4.93. The quantitative estimate of drug-likeness (QED) is 0.643. The molecule has 0 spiro atoms. The summed E-state index contributed by atoms with van der Waals surface area (Å²) in [6, 6.07) is 0. The smallest absolute Gasteiger partial charge is 0.109 e. The zero-order chi connectivity index (χ0) is 9.35. The first-order valence-corrected chi connectivity index (χ1v) is 4.38. The molecule has 0 amide bonds. The van der Waals surface area contributed by atoms with E-state index in [1.54, 1.807) is 7.11 Å². The zero-order valence-corrected chi connectivity index (χ0v) is 8.20. The fourth-order valence-electron chi connectivity index (χ4n) is 1.88. The van der Waals surface area contributed by atoms with E-state index in [1.807, 2.05) is 20.8 Å². The molecule has 0 aromatic rings. The van der Waals surface area contributed by atoms with Gasteiger partial charge in [0.25, 0.3) is 0 Å². The Morgan fingerprint density at radius 2 is 2.08 bits per heavy atom. The highest BCUT2D eigenvalue weighted by atomic mass is 16.5. The summed E-state index contributed by atoms with van der Waals surface area (Å²) in [7, 11) is 1.63. The summed E-state index contributed by atoms with van der Waals surface area (Å²) in [5.74, 6) is 0. The number of aliphatic hydroxyl groups is 1. The van der Waals surface area contributed by atoms with Gasteiger partial charge in [-0.3, -0.25) is 0 Å². The Bertz CT molecular complexity index is 160. The van der Waals surface area contributed by atoms with Crippen LogP contribution in [0.15, 0.2) is 0 Å². The Hall–Kier alpha value is -0.120. The molecule has 0 radical (unpaired) electrons. The van der Waals surface area contributed by atoms with E-state index in [-0.39, 0.29) is 12.2 Å². The van der Waals surface area contributed by atoms with Gasteiger partial charge in [0, 0.05) is 13.5 Å². The Morgan fingerprint density at radius 1 is 1.50 bits per heavy atom. The Balaban J connectivity index is 2.72. The summed E-state index contributed by atoms with van der Waals surface area (Å²) in [6.07, 6.45) is 0.236. The largest absolute Gasteiger partial charge is 0.387 e. The molecule has 0 aliphatic carbocycles. The third-order valence-electron chi connectivity index (χ3n) is 2.68. The first-order valence-electron chi connectivity index (χ1n) is 4.38. The van der Waals surface area contributed by atoms with Gasteiger partial charge in [0.15, 0.2) is 0 Å². The van der Waals surface area contributed by atoms with Crippen LogP contribution in [0.1, 0.15) is 27.2 Å². The molecular formula is C9H18O3. The van der Waals surface area contributed by atoms with Crippen LogP contribution < -0.4 is 0 Å². The fourth-order valence-corrected chi connectivity index (χ4v) is 1.88. The lowest BCUT2D eigenvalue weighted by molar-refractivity contribution is -0.210. The maximum absolute atomic E-state index is 9.76. The van der Waals surface area contributed by atoms with Gasteiger partial charge in [0.05, 0.1) is 17.8 Å². The molecule has 72 valence electrons. The Kier molecular flexibility index (Phi) is 2.76. The van der Waals surface area contributed by atoms with Crippen LogP contribution in [-0.4, -0.2) is 36.1 Å². The van der Waals surface area contributed by atoms with Crippen molar-refractivity contribution in [3.05, 3.63) is 0 Å². The fraction of sp³-hybridized carbons (Fsp3) is 1.00. The van der Waals surface area contributed by atoms with E-state index in [0.717, 1.165) is 6.42 Å². The normalized spacial score (nSPS) is 49.2. The molecule has 0 bridgehead atoms. The molecule has 1 aliphatic heterocycles. The second-order valence-corrected chi connectivity index (χ2v) is 3.82. The van der Waals surface area contributed by atoms with E-state index in [4.69, 9.17) is 9.47 Å². The van der Waals surface area contributed by atoms with Crippen LogP contribution in [0, 0.1) is 0 Å². The molecule has 1 N–H and O–H groups in total. The van der Waals surface area contributed by atoms with Gasteiger partial charge in [-0.25, -0.2) is 0 Å². The molecule has 1 fully saturated rings. The molecule has 1 saturated heterocycles. The second-order valence-electron chi connectivity index (χ2n) is 3.82. The van der Waals surface area contributed by atoms with Gasteiger partial charge in [-0.15, -0.1) is 0 Å². The average molecular weight is 174 g/mol. The van der Waals surface area contributed by atoms with Crippen molar-refractivity contribution < 1.29 is 14.6 Å². The standard InChI is InChI=1S/C9H18O3/c1-6-5-9(3,11-4)8(10)7(2)12-6/h6-8,10H,5H2,1-4H3/t6?,7?,8-,9?/m0/s1. The van der Waals surface area contributed by atoms with Crippen molar-refractivity contribution in [1.29, 1.82) is 0 Å². The summed E-state index contributed by atoms with van der Waals surface area (Å²) >= 11 is 0. The van der Waals surface area contributed by atoms with Crippen LogP contribution in [0.4, 0.5) is 0 Å². The van der Waals surface area contributed by atoms with Crippen LogP contribution in [0.5, 0.6) is 0 Å². The maximum atomic E-state index is 9.76. The van der Waals surface area contributed by atoms with E-state index in [0.29, 0.717) is 0 Å². The van der Waals surface area contributed by atoms with Crippen LogP contribution in [-0.2, 0) is 9.47 Å².